The maximum atomic E-state index is 7.86. The smallest absolute Gasteiger partial charge is 0.195 e. The number of rotatable bonds is 3. The zero-order valence-corrected chi connectivity index (χ0v) is 25.4. The molecule has 0 radical (unpaired) electrons. The first-order valence-corrected chi connectivity index (χ1v) is 16.0. The van der Waals surface area contributed by atoms with Crippen LogP contribution in [0, 0.1) is 6.57 Å². The summed E-state index contributed by atoms with van der Waals surface area (Å²) < 4.78 is 2.37. The highest BCUT2D eigenvalue weighted by molar-refractivity contribution is 6.28. The molecule has 2 heteroatoms. The molecule has 9 aromatic carbocycles. The normalized spacial score (nSPS) is 11.8. The molecule has 0 aliphatic heterocycles. The van der Waals surface area contributed by atoms with Gasteiger partial charge in [-0.2, -0.15) is 0 Å². The minimum absolute atomic E-state index is 0.692. The molecule has 1 heterocycles. The summed E-state index contributed by atoms with van der Waals surface area (Å²) in [5, 5.41) is 12.1. The lowest BCUT2D eigenvalue weighted by Gasteiger charge is -2.17. The van der Waals surface area contributed by atoms with E-state index in [9.17, 15) is 0 Å². The Balaban J connectivity index is 1.34. The SMILES string of the molecule is [C-]#[N+]c1ccc2c3c1ccc1cc(-c4cc5c6ccccc6c(-c6ccccc6)cc5c5ccccc45)cc(c13)n2-c1ccccc1. The molecule has 0 spiro atoms. The van der Waals surface area contributed by atoms with Crippen LogP contribution >= 0.6 is 0 Å². The third-order valence-electron chi connectivity index (χ3n) is 9.92. The molecule has 47 heavy (non-hydrogen) atoms. The third-order valence-corrected chi connectivity index (χ3v) is 9.92. The van der Waals surface area contributed by atoms with Crippen LogP contribution in [0.3, 0.4) is 0 Å². The van der Waals surface area contributed by atoms with Gasteiger partial charge in [-0.25, -0.2) is 4.85 Å². The van der Waals surface area contributed by atoms with Crippen molar-refractivity contribution in [3.63, 3.8) is 0 Å². The molecule has 0 atom stereocenters. The second-order valence-electron chi connectivity index (χ2n) is 12.4. The predicted molar refractivity (Wildman–Crippen MR) is 199 cm³/mol. The number of hydrogen-bond acceptors (Lipinski definition) is 0. The summed E-state index contributed by atoms with van der Waals surface area (Å²) in [6.45, 7) is 7.86. The minimum Gasteiger partial charge on any atom is -0.309 e. The second-order valence-corrected chi connectivity index (χ2v) is 12.4. The molecule has 0 saturated carbocycles. The summed E-state index contributed by atoms with van der Waals surface area (Å²) in [6.07, 6.45) is 0. The Morgan fingerprint density at radius 3 is 1.66 bits per heavy atom. The van der Waals surface area contributed by atoms with Gasteiger partial charge in [-0.05, 0) is 108 Å². The molecule has 10 aromatic rings. The molecule has 0 aliphatic rings. The zero-order valence-electron chi connectivity index (χ0n) is 25.4. The van der Waals surface area contributed by atoms with Crippen LogP contribution in [-0.4, -0.2) is 4.57 Å². The summed E-state index contributed by atoms with van der Waals surface area (Å²) in [5.74, 6) is 0. The first-order valence-electron chi connectivity index (χ1n) is 16.0. The summed E-state index contributed by atoms with van der Waals surface area (Å²) in [6, 6.07) is 56.9. The fourth-order valence-corrected chi connectivity index (χ4v) is 7.90. The molecule has 216 valence electrons. The number of para-hydroxylation sites is 1. The number of aromatic nitrogens is 1. The van der Waals surface area contributed by atoms with Gasteiger partial charge in [-0.1, -0.05) is 115 Å². The molecule has 0 saturated heterocycles. The largest absolute Gasteiger partial charge is 0.309 e. The predicted octanol–water partition coefficient (Wildman–Crippen LogP) is 12.7. The van der Waals surface area contributed by atoms with Gasteiger partial charge >= 0.3 is 0 Å². The van der Waals surface area contributed by atoms with Crippen molar-refractivity contribution >= 4 is 70.6 Å². The van der Waals surface area contributed by atoms with Gasteiger partial charge in [-0.3, -0.25) is 0 Å². The van der Waals surface area contributed by atoms with Crippen LogP contribution in [0.4, 0.5) is 5.69 Å². The number of benzene rings is 9. The monoisotopic (exact) mass is 594 g/mol. The Hall–Kier alpha value is -6.43. The van der Waals surface area contributed by atoms with Crippen molar-refractivity contribution in [3.8, 4) is 27.9 Å². The molecule has 0 N–H and O–H groups in total. The molecule has 2 nitrogen and oxygen atoms in total. The van der Waals surface area contributed by atoms with E-state index in [2.05, 4.69) is 161 Å². The van der Waals surface area contributed by atoms with Crippen molar-refractivity contribution < 1.29 is 0 Å². The second kappa shape index (κ2) is 9.78. The standard InChI is InChI=1S/C45H26N2/c1-46-41-22-23-42-45-36(41)21-20-29-24-30(25-43(44(29)45)47(42)31-14-6-3-7-15-31)38-27-40-34-18-10-8-16-32(34)37(28-12-4-2-5-13-28)26-39(40)35-19-11-9-17-33(35)38/h2-27H. The Labute approximate surface area is 271 Å². The fraction of sp³-hybridized carbons (Fsp3) is 0. The van der Waals surface area contributed by atoms with Crippen molar-refractivity contribution in [1.82, 2.24) is 4.57 Å². The van der Waals surface area contributed by atoms with E-state index in [1.54, 1.807) is 0 Å². The van der Waals surface area contributed by atoms with Crippen LogP contribution in [0.1, 0.15) is 0 Å². The van der Waals surface area contributed by atoms with Crippen LogP contribution in [-0.2, 0) is 0 Å². The average molecular weight is 595 g/mol. The fourth-order valence-electron chi connectivity index (χ4n) is 7.90. The summed E-state index contributed by atoms with van der Waals surface area (Å²) >= 11 is 0. The molecule has 10 rings (SSSR count). The Kier molecular flexibility index (Phi) is 5.38. The van der Waals surface area contributed by atoms with E-state index in [0.29, 0.717) is 5.69 Å². The van der Waals surface area contributed by atoms with Crippen LogP contribution in [0.5, 0.6) is 0 Å². The molecule has 1 aromatic heterocycles. The number of hydrogen-bond donors (Lipinski definition) is 0. The third kappa shape index (κ3) is 3.66. The molecule has 0 bridgehead atoms. The molecule has 0 unspecified atom stereocenters. The van der Waals surface area contributed by atoms with E-state index < -0.39 is 0 Å². The van der Waals surface area contributed by atoms with E-state index in [1.165, 1.54) is 65.3 Å². The zero-order chi connectivity index (χ0) is 31.1. The molecule has 0 aliphatic carbocycles. The molecule has 0 fully saturated rings. The first-order chi connectivity index (χ1) is 23.3. The van der Waals surface area contributed by atoms with E-state index in [4.69, 9.17) is 6.57 Å². The van der Waals surface area contributed by atoms with Crippen LogP contribution in [0.15, 0.2) is 158 Å². The summed E-state index contributed by atoms with van der Waals surface area (Å²) in [4.78, 5) is 3.88. The van der Waals surface area contributed by atoms with Gasteiger partial charge in [0.25, 0.3) is 0 Å². The van der Waals surface area contributed by atoms with Crippen molar-refractivity contribution in [1.29, 1.82) is 0 Å². The van der Waals surface area contributed by atoms with Crippen molar-refractivity contribution in [2.24, 2.45) is 0 Å². The number of nitrogens with zero attached hydrogens (tertiary/aromatic N) is 2. The lowest BCUT2D eigenvalue weighted by atomic mass is 9.87. The Bertz CT molecular complexity index is 2890. The van der Waals surface area contributed by atoms with Gasteiger partial charge < -0.3 is 4.57 Å². The summed E-state index contributed by atoms with van der Waals surface area (Å²) in [5.41, 5.74) is 8.96. The molecular formula is C45H26N2. The van der Waals surface area contributed by atoms with Crippen LogP contribution in [0.2, 0.25) is 0 Å². The van der Waals surface area contributed by atoms with Gasteiger partial charge in [0, 0.05) is 16.5 Å². The molecule has 0 amide bonds. The van der Waals surface area contributed by atoms with E-state index in [0.717, 1.165) is 27.5 Å². The molecular weight excluding hydrogens is 569 g/mol. The average Bonchev–Trinajstić information content (AvgIpc) is 3.48. The number of fused-ring (bicyclic) bond motifs is 5. The van der Waals surface area contributed by atoms with Crippen molar-refractivity contribution in [2.45, 2.75) is 0 Å². The topological polar surface area (TPSA) is 9.29 Å². The maximum absolute atomic E-state index is 7.86. The van der Waals surface area contributed by atoms with Gasteiger partial charge in [0.1, 0.15) is 0 Å². The van der Waals surface area contributed by atoms with Gasteiger partial charge in [0.2, 0.25) is 0 Å². The lowest BCUT2D eigenvalue weighted by molar-refractivity contribution is 1.18. The van der Waals surface area contributed by atoms with E-state index >= 15 is 0 Å². The summed E-state index contributed by atoms with van der Waals surface area (Å²) in [7, 11) is 0. The lowest BCUT2D eigenvalue weighted by Crippen LogP contribution is -1.93. The quantitative estimate of drug-likeness (QED) is 0.142. The van der Waals surface area contributed by atoms with E-state index in [1.807, 2.05) is 6.07 Å². The maximum Gasteiger partial charge on any atom is 0.195 e. The van der Waals surface area contributed by atoms with Gasteiger partial charge in [0.15, 0.2) is 5.69 Å². The van der Waals surface area contributed by atoms with Gasteiger partial charge in [-0.15, -0.1) is 0 Å². The minimum atomic E-state index is 0.692. The highest BCUT2D eigenvalue weighted by Crippen LogP contribution is 2.46. The highest BCUT2D eigenvalue weighted by atomic mass is 15.0. The van der Waals surface area contributed by atoms with Crippen LogP contribution < -0.4 is 0 Å². The van der Waals surface area contributed by atoms with Gasteiger partial charge in [0.05, 0.1) is 17.6 Å². The van der Waals surface area contributed by atoms with E-state index in [-0.39, 0.29) is 0 Å². The highest BCUT2D eigenvalue weighted by Gasteiger charge is 2.21. The van der Waals surface area contributed by atoms with Crippen molar-refractivity contribution in [2.75, 3.05) is 0 Å². The first kappa shape index (κ1) is 25.9. The Morgan fingerprint density at radius 1 is 0.404 bits per heavy atom. The van der Waals surface area contributed by atoms with Crippen molar-refractivity contribution in [3.05, 3.63) is 169 Å². The Morgan fingerprint density at radius 2 is 1.00 bits per heavy atom. The van der Waals surface area contributed by atoms with Crippen LogP contribution in [0.25, 0.3) is 97.7 Å².